The maximum atomic E-state index is 12.6. The van der Waals surface area contributed by atoms with Gasteiger partial charge in [0.2, 0.25) is 0 Å². The first-order valence-corrected chi connectivity index (χ1v) is 12.3. The van der Waals surface area contributed by atoms with Crippen molar-refractivity contribution < 1.29 is 9.59 Å². The van der Waals surface area contributed by atoms with Crippen LogP contribution in [0.15, 0.2) is 18.2 Å². The zero-order valence-corrected chi connectivity index (χ0v) is 19.0. The van der Waals surface area contributed by atoms with Crippen molar-refractivity contribution in [1.29, 1.82) is 0 Å². The number of anilines is 1. The monoisotopic (exact) mass is 426 g/mol. The standard InChI is InChI=1S/C25H38N4O2/c1-28-14-8-9-19-17-20(12-13-22(19)28)23(29-15-6-7-16-29)18-26-24(30)25(31)27-21-10-4-2-3-5-11-21/h12-13,17,21,23H,2-11,14-16,18H2,1H3,(H,26,30)(H,27,31)/t23-/m0/s1. The molecule has 1 aromatic carbocycles. The van der Waals surface area contributed by atoms with E-state index in [1.54, 1.807) is 0 Å². The Balaban J connectivity index is 1.40. The Morgan fingerprint density at radius 2 is 1.71 bits per heavy atom. The van der Waals surface area contributed by atoms with Gasteiger partial charge in [0.05, 0.1) is 6.04 Å². The van der Waals surface area contributed by atoms with Crippen molar-refractivity contribution in [3.8, 4) is 0 Å². The van der Waals surface area contributed by atoms with Crippen LogP contribution in [0.4, 0.5) is 5.69 Å². The third-order valence-electron chi connectivity index (χ3n) is 7.27. The molecule has 1 aromatic rings. The van der Waals surface area contributed by atoms with E-state index in [-0.39, 0.29) is 12.1 Å². The molecule has 2 fully saturated rings. The Labute approximate surface area is 186 Å². The van der Waals surface area contributed by atoms with Gasteiger partial charge in [0, 0.05) is 31.9 Å². The molecular formula is C25H38N4O2. The molecule has 0 radical (unpaired) electrons. The highest BCUT2D eigenvalue weighted by atomic mass is 16.2. The SMILES string of the molecule is CN1CCCc2cc([C@H](CNC(=O)C(=O)NC3CCCCCC3)N3CCCC3)ccc21. The first kappa shape index (κ1) is 22.1. The summed E-state index contributed by atoms with van der Waals surface area (Å²) in [5.74, 6) is -0.967. The van der Waals surface area contributed by atoms with Crippen LogP contribution in [0.1, 0.15) is 75.0 Å². The number of rotatable bonds is 5. The number of fused-ring (bicyclic) bond motifs is 1. The van der Waals surface area contributed by atoms with E-state index in [2.05, 4.69) is 45.7 Å². The molecule has 6 nitrogen and oxygen atoms in total. The first-order valence-electron chi connectivity index (χ1n) is 12.3. The number of nitrogens with zero attached hydrogens (tertiary/aromatic N) is 2. The van der Waals surface area contributed by atoms with Crippen molar-refractivity contribution in [2.45, 2.75) is 76.3 Å². The average Bonchev–Trinajstić information content (AvgIpc) is 3.18. The van der Waals surface area contributed by atoms with E-state index in [0.29, 0.717) is 6.54 Å². The van der Waals surface area contributed by atoms with Crippen LogP contribution in [0.5, 0.6) is 0 Å². The Hall–Kier alpha value is -2.08. The minimum Gasteiger partial charge on any atom is -0.374 e. The van der Waals surface area contributed by atoms with Gasteiger partial charge in [-0.15, -0.1) is 0 Å². The summed E-state index contributed by atoms with van der Waals surface area (Å²) >= 11 is 0. The zero-order valence-electron chi connectivity index (χ0n) is 19.0. The summed E-state index contributed by atoms with van der Waals surface area (Å²) in [5, 5.41) is 5.92. The van der Waals surface area contributed by atoms with Crippen molar-refractivity contribution in [1.82, 2.24) is 15.5 Å². The van der Waals surface area contributed by atoms with Crippen LogP contribution in [0, 0.1) is 0 Å². The van der Waals surface area contributed by atoms with Gasteiger partial charge < -0.3 is 15.5 Å². The Kier molecular flexibility index (Phi) is 7.49. The molecule has 31 heavy (non-hydrogen) atoms. The molecule has 1 aliphatic carbocycles. The van der Waals surface area contributed by atoms with E-state index in [4.69, 9.17) is 0 Å². The predicted octanol–water partition coefficient (Wildman–Crippen LogP) is 3.16. The third kappa shape index (κ3) is 5.59. The Bertz CT molecular complexity index is 767. The van der Waals surface area contributed by atoms with Crippen LogP contribution < -0.4 is 15.5 Å². The summed E-state index contributed by atoms with van der Waals surface area (Å²) in [4.78, 5) is 29.8. The lowest BCUT2D eigenvalue weighted by molar-refractivity contribution is -0.139. The molecule has 2 heterocycles. The Morgan fingerprint density at radius 3 is 2.45 bits per heavy atom. The summed E-state index contributed by atoms with van der Waals surface area (Å²) < 4.78 is 0. The largest absolute Gasteiger partial charge is 0.374 e. The van der Waals surface area contributed by atoms with Gasteiger partial charge in [0.1, 0.15) is 0 Å². The van der Waals surface area contributed by atoms with Gasteiger partial charge in [0.25, 0.3) is 0 Å². The van der Waals surface area contributed by atoms with E-state index in [1.807, 2.05) is 0 Å². The maximum Gasteiger partial charge on any atom is 0.309 e. The highest BCUT2D eigenvalue weighted by Crippen LogP contribution is 2.31. The molecule has 1 saturated carbocycles. The molecule has 2 N–H and O–H groups in total. The molecule has 1 atom stereocenters. The van der Waals surface area contributed by atoms with Crippen LogP contribution in [-0.2, 0) is 16.0 Å². The normalized spacial score (nSPS) is 21.3. The quantitative estimate of drug-likeness (QED) is 0.561. The minimum atomic E-state index is -0.494. The van der Waals surface area contributed by atoms with Crippen LogP contribution in [-0.4, -0.2) is 56.0 Å². The molecule has 2 aliphatic heterocycles. The second-order valence-corrected chi connectivity index (χ2v) is 9.54. The van der Waals surface area contributed by atoms with Gasteiger partial charge in [-0.05, 0) is 68.8 Å². The molecule has 0 unspecified atom stereocenters. The fraction of sp³-hybridized carbons (Fsp3) is 0.680. The lowest BCUT2D eigenvalue weighted by Gasteiger charge is -2.32. The fourth-order valence-corrected chi connectivity index (χ4v) is 5.47. The van der Waals surface area contributed by atoms with Crippen LogP contribution in [0.2, 0.25) is 0 Å². The Morgan fingerprint density at radius 1 is 0.968 bits per heavy atom. The second kappa shape index (κ2) is 10.5. The number of aryl methyl sites for hydroxylation is 1. The topological polar surface area (TPSA) is 64.7 Å². The van der Waals surface area contributed by atoms with Gasteiger partial charge in [-0.3, -0.25) is 14.5 Å². The van der Waals surface area contributed by atoms with E-state index < -0.39 is 11.8 Å². The second-order valence-electron chi connectivity index (χ2n) is 9.54. The van der Waals surface area contributed by atoms with Crippen LogP contribution in [0.3, 0.4) is 0 Å². The van der Waals surface area contributed by atoms with Gasteiger partial charge in [-0.2, -0.15) is 0 Å². The number of carbonyl (C=O) groups is 2. The molecule has 2 amide bonds. The lowest BCUT2D eigenvalue weighted by Crippen LogP contribution is -2.46. The first-order chi connectivity index (χ1) is 15.1. The van der Waals surface area contributed by atoms with Gasteiger partial charge >= 0.3 is 11.8 Å². The summed E-state index contributed by atoms with van der Waals surface area (Å²) in [6.07, 6.45) is 11.4. The number of amides is 2. The van der Waals surface area contributed by atoms with Crippen LogP contribution >= 0.6 is 0 Å². The molecule has 0 aromatic heterocycles. The van der Waals surface area contributed by atoms with Gasteiger partial charge in [-0.25, -0.2) is 0 Å². The van der Waals surface area contributed by atoms with E-state index in [1.165, 1.54) is 48.9 Å². The summed E-state index contributed by atoms with van der Waals surface area (Å²) in [6, 6.07) is 7.03. The van der Waals surface area contributed by atoms with Crippen molar-refractivity contribution in [3.05, 3.63) is 29.3 Å². The van der Waals surface area contributed by atoms with E-state index in [0.717, 1.165) is 51.7 Å². The van der Waals surface area contributed by atoms with Crippen LogP contribution in [0.25, 0.3) is 0 Å². The van der Waals surface area contributed by atoms with Crippen molar-refractivity contribution >= 4 is 17.5 Å². The van der Waals surface area contributed by atoms with Crippen molar-refractivity contribution in [3.63, 3.8) is 0 Å². The average molecular weight is 427 g/mol. The molecule has 1 saturated heterocycles. The summed E-state index contributed by atoms with van der Waals surface area (Å²) in [5.41, 5.74) is 3.97. The summed E-state index contributed by atoms with van der Waals surface area (Å²) in [6.45, 7) is 3.68. The fourth-order valence-electron chi connectivity index (χ4n) is 5.47. The minimum absolute atomic E-state index is 0.120. The number of nitrogens with one attached hydrogen (secondary N) is 2. The number of likely N-dealkylation sites (tertiary alicyclic amines) is 1. The molecule has 0 bridgehead atoms. The highest BCUT2D eigenvalue weighted by molar-refractivity contribution is 6.35. The van der Waals surface area contributed by atoms with Gasteiger partial charge in [-0.1, -0.05) is 37.8 Å². The van der Waals surface area contributed by atoms with Crippen molar-refractivity contribution in [2.24, 2.45) is 0 Å². The number of hydrogen-bond donors (Lipinski definition) is 2. The van der Waals surface area contributed by atoms with E-state index in [9.17, 15) is 9.59 Å². The maximum absolute atomic E-state index is 12.6. The lowest BCUT2D eigenvalue weighted by atomic mass is 9.96. The van der Waals surface area contributed by atoms with Gasteiger partial charge in [0.15, 0.2) is 0 Å². The molecule has 170 valence electrons. The predicted molar refractivity (Wildman–Crippen MR) is 124 cm³/mol. The molecule has 3 aliphatic rings. The molecule has 0 spiro atoms. The number of benzene rings is 1. The number of carbonyl (C=O) groups excluding carboxylic acids is 2. The zero-order chi connectivity index (χ0) is 21.6. The van der Waals surface area contributed by atoms with Crippen molar-refractivity contribution in [2.75, 3.05) is 38.1 Å². The summed E-state index contributed by atoms with van der Waals surface area (Å²) in [7, 11) is 2.16. The smallest absolute Gasteiger partial charge is 0.309 e. The molecule has 6 heteroatoms. The molecule has 4 rings (SSSR count). The highest BCUT2D eigenvalue weighted by Gasteiger charge is 2.27. The number of hydrogen-bond acceptors (Lipinski definition) is 4. The van der Waals surface area contributed by atoms with E-state index >= 15 is 0 Å². The molecular weight excluding hydrogens is 388 g/mol. The third-order valence-corrected chi connectivity index (χ3v) is 7.27.